The van der Waals surface area contributed by atoms with Gasteiger partial charge in [-0.15, -0.1) is 0 Å². The van der Waals surface area contributed by atoms with Gasteiger partial charge in [-0.1, -0.05) is 67.6 Å². The Hall–Kier alpha value is -4.10. The summed E-state index contributed by atoms with van der Waals surface area (Å²) in [6.45, 7) is 4.35. The second-order valence-corrected chi connectivity index (χ2v) is 11.8. The summed E-state index contributed by atoms with van der Waals surface area (Å²) in [5.74, 6) is -0.0227. The second kappa shape index (κ2) is 13.7. The normalized spacial score (nSPS) is 15.5. The van der Waals surface area contributed by atoms with Crippen molar-refractivity contribution in [3.05, 3.63) is 102 Å². The van der Waals surface area contributed by atoms with E-state index >= 15 is 0 Å². The van der Waals surface area contributed by atoms with Gasteiger partial charge >= 0.3 is 6.03 Å². The number of nitrogens with one attached hydrogen (secondary N) is 3. The molecule has 7 nitrogen and oxygen atoms in total. The number of aromatic nitrogens is 1. The maximum absolute atomic E-state index is 13.9. The number of amides is 3. The van der Waals surface area contributed by atoms with E-state index in [1.807, 2.05) is 60.5 Å². The maximum Gasteiger partial charge on any atom is 0.318 e. The fourth-order valence-electron chi connectivity index (χ4n) is 6.06. The third-order valence-corrected chi connectivity index (χ3v) is 8.49. The largest absolute Gasteiger partial charge is 0.361 e. The highest BCUT2D eigenvalue weighted by molar-refractivity contribution is 5.98. The van der Waals surface area contributed by atoms with Crippen LogP contribution in [0.1, 0.15) is 54.7 Å². The maximum atomic E-state index is 13.9. The Kier molecular flexibility index (Phi) is 9.59. The number of carbonyl (C=O) groups excluding carboxylic acids is 2. The second-order valence-electron chi connectivity index (χ2n) is 11.8. The molecule has 1 aliphatic rings. The summed E-state index contributed by atoms with van der Waals surface area (Å²) in [5, 5.41) is 7.31. The molecule has 0 saturated carbocycles. The van der Waals surface area contributed by atoms with Crippen molar-refractivity contribution < 1.29 is 9.59 Å². The van der Waals surface area contributed by atoms with Crippen LogP contribution in [0.3, 0.4) is 0 Å². The minimum Gasteiger partial charge on any atom is -0.361 e. The monoisotopic (exact) mass is 565 g/mol. The Morgan fingerprint density at radius 1 is 0.976 bits per heavy atom. The highest BCUT2D eigenvalue weighted by Gasteiger charge is 2.32. The number of hydrogen-bond acceptors (Lipinski definition) is 3. The molecule has 220 valence electrons. The molecule has 2 heterocycles. The molecule has 1 aromatic heterocycles. The van der Waals surface area contributed by atoms with Crippen LogP contribution >= 0.6 is 0 Å². The number of benzene rings is 3. The first-order valence-corrected chi connectivity index (χ1v) is 15.1. The smallest absolute Gasteiger partial charge is 0.318 e. The summed E-state index contributed by atoms with van der Waals surface area (Å²) < 4.78 is 0. The predicted molar refractivity (Wildman–Crippen MR) is 171 cm³/mol. The van der Waals surface area contributed by atoms with Crippen LogP contribution in [0.15, 0.2) is 85.1 Å². The summed E-state index contributed by atoms with van der Waals surface area (Å²) in [4.78, 5) is 34.8. The number of fused-ring (bicyclic) bond motifs is 1. The molecule has 0 aliphatic carbocycles. The first-order valence-electron chi connectivity index (χ1n) is 15.1. The number of nitrogens with zero attached hydrogens (tertiary/aromatic N) is 2. The Balaban J connectivity index is 1.31. The van der Waals surface area contributed by atoms with Crippen molar-refractivity contribution in [1.82, 2.24) is 20.1 Å². The summed E-state index contributed by atoms with van der Waals surface area (Å²) >= 11 is 0. The van der Waals surface area contributed by atoms with Crippen LogP contribution < -0.4 is 10.6 Å². The number of anilines is 1. The number of carbonyl (C=O) groups is 2. The number of aromatic amines is 1. The fraction of sp³-hybridized carbons (Fsp3) is 0.371. The van der Waals surface area contributed by atoms with Gasteiger partial charge in [-0.3, -0.25) is 4.79 Å². The molecule has 5 rings (SSSR count). The van der Waals surface area contributed by atoms with E-state index in [2.05, 4.69) is 71.0 Å². The van der Waals surface area contributed by atoms with Crippen LogP contribution in [-0.2, 0) is 11.2 Å². The van der Waals surface area contributed by atoms with Crippen LogP contribution in [0.4, 0.5) is 10.5 Å². The van der Waals surface area contributed by atoms with E-state index < -0.39 is 6.04 Å². The Bertz CT molecular complexity index is 1470. The molecule has 1 aliphatic heterocycles. The molecule has 3 aromatic carbocycles. The lowest BCUT2D eigenvalue weighted by atomic mass is 9.89. The standard InChI is InChI=1S/C35H43N5O2/c1-25(31-24-36-32-17-8-7-16-30(31)32)33(34(41)37-29-15-9-11-26(23-29)12-10-20-39(2)3)38-35(42)40-21-18-28(19-22-40)27-13-5-4-6-14-27/h4-9,11,13-17,23-25,28,33,36H,10,12,18-22H2,1-3H3,(H,37,41)(H,38,42)/t25-,33+/m0/s1. The van der Waals surface area contributed by atoms with Crippen molar-refractivity contribution in [2.75, 3.05) is 39.0 Å². The molecule has 1 fully saturated rings. The van der Waals surface area contributed by atoms with E-state index in [-0.39, 0.29) is 17.9 Å². The number of H-pyrrole nitrogens is 1. The van der Waals surface area contributed by atoms with Gasteiger partial charge in [0.2, 0.25) is 5.91 Å². The average Bonchev–Trinajstić information content (AvgIpc) is 3.44. The van der Waals surface area contributed by atoms with E-state index in [1.165, 1.54) is 11.1 Å². The molecule has 42 heavy (non-hydrogen) atoms. The van der Waals surface area contributed by atoms with Crippen LogP contribution in [-0.4, -0.2) is 66.5 Å². The predicted octanol–water partition coefficient (Wildman–Crippen LogP) is 6.36. The summed E-state index contributed by atoms with van der Waals surface area (Å²) in [5.41, 5.74) is 5.27. The van der Waals surface area contributed by atoms with Gasteiger partial charge in [0.15, 0.2) is 0 Å². The van der Waals surface area contributed by atoms with E-state index in [4.69, 9.17) is 0 Å². The molecule has 3 amide bonds. The molecule has 2 atom stereocenters. The summed E-state index contributed by atoms with van der Waals surface area (Å²) in [6.07, 6.45) is 5.76. The Morgan fingerprint density at radius 3 is 2.48 bits per heavy atom. The third kappa shape index (κ3) is 7.21. The number of likely N-dealkylation sites (tertiary alicyclic amines) is 1. The zero-order valence-corrected chi connectivity index (χ0v) is 25.0. The lowest BCUT2D eigenvalue weighted by Crippen LogP contribution is -2.53. The quantitative estimate of drug-likeness (QED) is 0.209. The van der Waals surface area contributed by atoms with Crippen molar-refractivity contribution in [2.24, 2.45) is 0 Å². The number of urea groups is 1. The van der Waals surface area contributed by atoms with Gasteiger partial charge < -0.3 is 25.4 Å². The average molecular weight is 566 g/mol. The van der Waals surface area contributed by atoms with Crippen molar-refractivity contribution in [1.29, 1.82) is 0 Å². The van der Waals surface area contributed by atoms with Gasteiger partial charge in [-0.2, -0.15) is 0 Å². The van der Waals surface area contributed by atoms with E-state index in [9.17, 15) is 9.59 Å². The zero-order valence-electron chi connectivity index (χ0n) is 25.0. The van der Waals surface area contributed by atoms with Gasteiger partial charge in [0.1, 0.15) is 6.04 Å². The van der Waals surface area contributed by atoms with Crippen molar-refractivity contribution in [2.45, 2.75) is 50.5 Å². The molecular formula is C35H43N5O2. The highest BCUT2D eigenvalue weighted by atomic mass is 16.2. The lowest BCUT2D eigenvalue weighted by Gasteiger charge is -2.34. The van der Waals surface area contributed by atoms with Crippen LogP contribution in [0.2, 0.25) is 0 Å². The summed E-state index contributed by atoms with van der Waals surface area (Å²) in [7, 11) is 4.15. The van der Waals surface area contributed by atoms with E-state index in [1.54, 1.807) is 0 Å². The molecule has 7 heteroatoms. The van der Waals surface area contributed by atoms with E-state index in [0.717, 1.165) is 54.4 Å². The van der Waals surface area contributed by atoms with Crippen molar-refractivity contribution in [3.8, 4) is 0 Å². The Morgan fingerprint density at radius 2 is 1.71 bits per heavy atom. The molecule has 0 unspecified atom stereocenters. The van der Waals surface area contributed by atoms with Gasteiger partial charge in [-0.05, 0) is 87.1 Å². The summed E-state index contributed by atoms with van der Waals surface area (Å²) in [6, 6.07) is 25.7. The number of rotatable bonds is 10. The molecule has 0 radical (unpaired) electrons. The zero-order chi connectivity index (χ0) is 29.5. The molecule has 4 aromatic rings. The van der Waals surface area contributed by atoms with Gasteiger partial charge in [0.25, 0.3) is 0 Å². The van der Waals surface area contributed by atoms with Gasteiger partial charge in [0.05, 0.1) is 0 Å². The van der Waals surface area contributed by atoms with Crippen LogP contribution in [0.5, 0.6) is 0 Å². The molecule has 0 spiro atoms. The minimum atomic E-state index is -0.749. The van der Waals surface area contributed by atoms with Crippen LogP contribution in [0.25, 0.3) is 10.9 Å². The molecule has 1 saturated heterocycles. The van der Waals surface area contributed by atoms with E-state index in [0.29, 0.717) is 19.0 Å². The van der Waals surface area contributed by atoms with Crippen molar-refractivity contribution in [3.63, 3.8) is 0 Å². The minimum absolute atomic E-state index is 0.189. The lowest BCUT2D eigenvalue weighted by molar-refractivity contribution is -0.118. The third-order valence-electron chi connectivity index (χ3n) is 8.49. The highest BCUT2D eigenvalue weighted by Crippen LogP contribution is 2.30. The van der Waals surface area contributed by atoms with Gasteiger partial charge in [0, 0.05) is 41.8 Å². The topological polar surface area (TPSA) is 80.5 Å². The molecular weight excluding hydrogens is 522 g/mol. The first-order chi connectivity index (χ1) is 20.4. The fourth-order valence-corrected chi connectivity index (χ4v) is 6.06. The number of hydrogen-bond donors (Lipinski definition) is 3. The molecule has 3 N–H and O–H groups in total. The molecule has 0 bridgehead atoms. The SMILES string of the molecule is C[C@@H](c1c[nH]c2ccccc12)[C@@H](NC(=O)N1CCC(c2ccccc2)CC1)C(=O)Nc1cccc(CCCN(C)C)c1. The number of piperidine rings is 1. The Labute approximate surface area is 249 Å². The van der Waals surface area contributed by atoms with Crippen molar-refractivity contribution >= 4 is 28.5 Å². The van der Waals surface area contributed by atoms with Gasteiger partial charge in [-0.25, -0.2) is 4.79 Å². The number of aryl methyl sites for hydroxylation is 1. The van der Waals surface area contributed by atoms with Crippen LogP contribution in [0, 0.1) is 0 Å². The first kappa shape index (κ1) is 29.4. The number of para-hydroxylation sites is 1.